The van der Waals surface area contributed by atoms with Gasteiger partial charge in [0.05, 0.1) is 7.11 Å². The van der Waals surface area contributed by atoms with E-state index < -0.39 is 0 Å². The highest BCUT2D eigenvalue weighted by Gasteiger charge is 2.25. The van der Waals surface area contributed by atoms with Crippen LogP contribution in [-0.2, 0) is 0 Å². The first-order valence-corrected chi connectivity index (χ1v) is 8.25. The maximum absolute atomic E-state index is 5.79. The first-order chi connectivity index (χ1) is 10.0. The lowest BCUT2D eigenvalue weighted by molar-refractivity contribution is 0.0944. The topological polar surface area (TPSA) is 66.7 Å². The van der Waals surface area contributed by atoms with Crippen molar-refractivity contribution < 1.29 is 4.74 Å². The zero-order valence-corrected chi connectivity index (χ0v) is 14.2. The van der Waals surface area contributed by atoms with E-state index in [0.29, 0.717) is 23.5 Å². The van der Waals surface area contributed by atoms with Gasteiger partial charge in [0.15, 0.2) is 16.6 Å². The quantitative estimate of drug-likeness (QED) is 0.828. The average molecular weight is 313 g/mol. The molecule has 21 heavy (non-hydrogen) atoms. The van der Waals surface area contributed by atoms with Crippen LogP contribution in [0.15, 0.2) is 0 Å². The Morgan fingerprint density at radius 3 is 2.57 bits per heavy atom. The number of nitrogens with two attached hydrogens (primary N) is 1. The van der Waals surface area contributed by atoms with Crippen molar-refractivity contribution in [2.75, 3.05) is 57.9 Å². The molecule has 1 aromatic heterocycles. The molecule has 1 aromatic rings. The van der Waals surface area contributed by atoms with E-state index in [4.69, 9.17) is 10.5 Å². The Labute approximate surface area is 131 Å². The molecule has 1 aliphatic heterocycles. The van der Waals surface area contributed by atoms with Crippen LogP contribution in [0.1, 0.15) is 13.8 Å². The Kier molecular flexibility index (Phi) is 5.66. The number of anilines is 2. The van der Waals surface area contributed by atoms with Crippen LogP contribution in [0.2, 0.25) is 0 Å². The molecule has 1 aliphatic rings. The fourth-order valence-corrected chi connectivity index (χ4v) is 3.43. The van der Waals surface area contributed by atoms with Crippen LogP contribution in [0.4, 0.5) is 10.8 Å². The maximum Gasteiger partial charge on any atom is 0.197 e. The summed E-state index contributed by atoms with van der Waals surface area (Å²) in [4.78, 5) is 4.96. The Morgan fingerprint density at radius 2 is 2.00 bits per heavy atom. The molecule has 0 aliphatic carbocycles. The second-order valence-electron chi connectivity index (χ2n) is 5.96. The molecule has 1 atom stereocenters. The molecule has 0 aromatic carbocycles. The Balaban J connectivity index is 1.97. The van der Waals surface area contributed by atoms with Crippen molar-refractivity contribution >= 4 is 22.4 Å². The van der Waals surface area contributed by atoms with E-state index >= 15 is 0 Å². The third kappa shape index (κ3) is 3.99. The van der Waals surface area contributed by atoms with Crippen molar-refractivity contribution in [1.29, 1.82) is 0 Å². The number of nitrogen functional groups attached to an aromatic ring is 1. The summed E-state index contributed by atoms with van der Waals surface area (Å²) in [5.41, 5.74) is 5.79. The third-order valence-electron chi connectivity index (χ3n) is 4.13. The molecule has 0 spiro atoms. The van der Waals surface area contributed by atoms with Crippen molar-refractivity contribution in [3.8, 4) is 5.75 Å². The molecule has 7 heteroatoms. The second-order valence-corrected chi connectivity index (χ2v) is 6.74. The van der Waals surface area contributed by atoms with Crippen molar-refractivity contribution in [3.05, 3.63) is 0 Å². The molecular weight excluding hydrogens is 286 g/mol. The van der Waals surface area contributed by atoms with Gasteiger partial charge in [-0.05, 0) is 24.5 Å². The SMILES string of the molecule is COc1c(N)nsc1NCC(C(C)C)N1CCN(C)CC1. The van der Waals surface area contributed by atoms with E-state index in [1.807, 2.05) is 0 Å². The minimum Gasteiger partial charge on any atom is -0.490 e. The predicted octanol–water partition coefficient (Wildman–Crippen LogP) is 1.42. The number of piperazine rings is 1. The van der Waals surface area contributed by atoms with Crippen LogP contribution in [0.3, 0.4) is 0 Å². The summed E-state index contributed by atoms with van der Waals surface area (Å²) < 4.78 is 9.45. The number of hydrogen-bond donors (Lipinski definition) is 2. The second kappa shape index (κ2) is 7.29. The van der Waals surface area contributed by atoms with Crippen LogP contribution >= 0.6 is 11.5 Å². The van der Waals surface area contributed by atoms with Crippen LogP contribution in [0, 0.1) is 5.92 Å². The van der Waals surface area contributed by atoms with Gasteiger partial charge >= 0.3 is 0 Å². The normalized spacial score (nSPS) is 18.9. The first-order valence-electron chi connectivity index (χ1n) is 7.48. The third-order valence-corrected chi connectivity index (χ3v) is 4.93. The monoisotopic (exact) mass is 313 g/mol. The number of nitrogens with zero attached hydrogens (tertiary/aromatic N) is 3. The highest BCUT2D eigenvalue weighted by molar-refractivity contribution is 7.11. The van der Waals surface area contributed by atoms with Gasteiger partial charge in [0.2, 0.25) is 0 Å². The predicted molar refractivity (Wildman–Crippen MR) is 89.3 cm³/mol. The number of aromatic nitrogens is 1. The minimum absolute atomic E-state index is 0.464. The number of likely N-dealkylation sites (N-methyl/N-ethyl adjacent to an activating group) is 1. The molecule has 1 unspecified atom stereocenters. The zero-order valence-electron chi connectivity index (χ0n) is 13.4. The Morgan fingerprint density at radius 1 is 1.33 bits per heavy atom. The van der Waals surface area contributed by atoms with Gasteiger partial charge in [-0.2, -0.15) is 4.37 Å². The standard InChI is InChI=1S/C14H27N5OS/c1-10(2)11(19-7-5-18(3)6-8-19)9-16-14-12(20-4)13(15)17-21-14/h10-11,16H,5-9H2,1-4H3,(H2,15,17). The minimum atomic E-state index is 0.464. The molecule has 2 rings (SSSR count). The summed E-state index contributed by atoms with van der Waals surface area (Å²) in [6, 6.07) is 0.506. The Hall–Kier alpha value is -1.05. The first kappa shape index (κ1) is 16.3. The van der Waals surface area contributed by atoms with Gasteiger partial charge in [0.25, 0.3) is 0 Å². The van der Waals surface area contributed by atoms with E-state index in [1.54, 1.807) is 7.11 Å². The number of hydrogen-bond acceptors (Lipinski definition) is 7. The molecule has 6 nitrogen and oxygen atoms in total. The fraction of sp³-hybridized carbons (Fsp3) is 0.786. The van der Waals surface area contributed by atoms with E-state index in [1.165, 1.54) is 11.5 Å². The van der Waals surface area contributed by atoms with Crippen LogP contribution in [0.5, 0.6) is 5.75 Å². The molecule has 0 amide bonds. The lowest BCUT2D eigenvalue weighted by atomic mass is 10.0. The molecule has 0 radical (unpaired) electrons. The van der Waals surface area contributed by atoms with Crippen LogP contribution in [0.25, 0.3) is 0 Å². The van der Waals surface area contributed by atoms with Crippen LogP contribution < -0.4 is 15.8 Å². The summed E-state index contributed by atoms with van der Waals surface area (Å²) in [6.07, 6.45) is 0. The smallest absolute Gasteiger partial charge is 0.197 e. The molecule has 1 fully saturated rings. The van der Waals surface area contributed by atoms with Gasteiger partial charge in [-0.15, -0.1) is 0 Å². The number of ether oxygens (including phenoxy) is 1. The van der Waals surface area contributed by atoms with Gasteiger partial charge < -0.3 is 20.7 Å². The van der Waals surface area contributed by atoms with Gasteiger partial charge in [-0.1, -0.05) is 13.8 Å². The molecule has 0 bridgehead atoms. The van der Waals surface area contributed by atoms with Gasteiger partial charge in [-0.3, -0.25) is 4.90 Å². The fourth-order valence-electron chi connectivity index (χ4n) is 2.74. The van der Waals surface area contributed by atoms with E-state index in [9.17, 15) is 0 Å². The summed E-state index contributed by atoms with van der Waals surface area (Å²) in [6.45, 7) is 9.98. The van der Waals surface area contributed by atoms with E-state index in [2.05, 4.69) is 40.4 Å². The molecule has 1 saturated heterocycles. The van der Waals surface area contributed by atoms with Crippen molar-refractivity contribution in [2.24, 2.45) is 5.92 Å². The van der Waals surface area contributed by atoms with E-state index in [-0.39, 0.29) is 0 Å². The zero-order chi connectivity index (χ0) is 15.4. The Bertz CT molecular complexity index is 443. The molecule has 3 N–H and O–H groups in total. The van der Waals surface area contributed by atoms with Crippen molar-refractivity contribution in [2.45, 2.75) is 19.9 Å². The molecular formula is C14H27N5OS. The average Bonchev–Trinajstić information content (AvgIpc) is 2.81. The van der Waals surface area contributed by atoms with E-state index in [0.717, 1.165) is 37.7 Å². The van der Waals surface area contributed by atoms with Gasteiger partial charge in [-0.25, -0.2) is 0 Å². The maximum atomic E-state index is 5.79. The summed E-state index contributed by atoms with van der Waals surface area (Å²) >= 11 is 1.36. The largest absolute Gasteiger partial charge is 0.490 e. The highest BCUT2D eigenvalue weighted by atomic mass is 32.1. The number of methoxy groups -OCH3 is 1. The number of rotatable bonds is 6. The van der Waals surface area contributed by atoms with Gasteiger partial charge in [0, 0.05) is 38.8 Å². The van der Waals surface area contributed by atoms with Crippen molar-refractivity contribution in [1.82, 2.24) is 14.2 Å². The number of nitrogens with one attached hydrogen (secondary N) is 1. The molecule has 2 heterocycles. The lowest BCUT2D eigenvalue weighted by Gasteiger charge is -2.40. The lowest BCUT2D eigenvalue weighted by Crippen LogP contribution is -2.52. The summed E-state index contributed by atoms with van der Waals surface area (Å²) in [7, 11) is 3.82. The summed E-state index contributed by atoms with van der Waals surface area (Å²) in [5.74, 6) is 1.73. The molecule has 0 saturated carbocycles. The summed E-state index contributed by atoms with van der Waals surface area (Å²) in [5, 5.41) is 4.40. The van der Waals surface area contributed by atoms with Crippen molar-refractivity contribution in [3.63, 3.8) is 0 Å². The van der Waals surface area contributed by atoms with Crippen LogP contribution in [-0.4, -0.2) is 67.1 Å². The molecule has 120 valence electrons. The van der Waals surface area contributed by atoms with Gasteiger partial charge in [0.1, 0.15) is 0 Å². The highest BCUT2D eigenvalue weighted by Crippen LogP contribution is 2.34.